The van der Waals surface area contributed by atoms with Gasteiger partial charge in [0.25, 0.3) is 0 Å². The molecule has 4 rings (SSSR count). The lowest BCUT2D eigenvalue weighted by atomic mass is 10.1. The normalized spacial score (nSPS) is 11.5. The molecular weight excluding hydrogens is 356 g/mol. The fourth-order valence-electron chi connectivity index (χ4n) is 2.30. The second-order valence-corrected chi connectivity index (χ2v) is 5.78. The third-order valence-corrected chi connectivity index (χ3v) is 4.21. The summed E-state index contributed by atoms with van der Waals surface area (Å²) in [4.78, 5) is 21.2. The lowest BCUT2D eigenvalue weighted by Crippen LogP contribution is -2.08. The molecule has 2 aliphatic rings. The Morgan fingerprint density at radius 3 is 2.95 bits per heavy atom. The van der Waals surface area contributed by atoms with Crippen molar-refractivity contribution in [3.05, 3.63) is 56.2 Å². The van der Waals surface area contributed by atoms with E-state index in [-0.39, 0.29) is 5.43 Å². The Bertz CT molecular complexity index is 1040. The summed E-state index contributed by atoms with van der Waals surface area (Å²) in [6, 6.07) is 8.60. The minimum Gasteiger partial charge on any atom is -0.451 e. The zero-order valence-corrected chi connectivity index (χ0v) is 12.8. The predicted octanol–water partition coefficient (Wildman–Crippen LogP) is 4.26. The summed E-state index contributed by atoms with van der Waals surface area (Å²) in [5, 5.41) is 1.07. The Morgan fingerprint density at radius 1 is 1.24 bits per heavy atom. The van der Waals surface area contributed by atoms with E-state index in [1.54, 1.807) is 36.5 Å². The third kappa shape index (κ3) is 1.85. The van der Waals surface area contributed by atoms with Gasteiger partial charge in [0.15, 0.2) is 11.3 Å². The second kappa shape index (κ2) is 4.51. The van der Waals surface area contributed by atoms with Crippen molar-refractivity contribution in [2.24, 2.45) is 0 Å². The van der Waals surface area contributed by atoms with E-state index in [2.05, 4.69) is 25.9 Å². The van der Waals surface area contributed by atoms with Gasteiger partial charge >= 0.3 is 0 Å². The van der Waals surface area contributed by atoms with E-state index in [4.69, 9.17) is 16.0 Å². The smallest absolute Gasteiger partial charge is 0.206 e. The van der Waals surface area contributed by atoms with Crippen molar-refractivity contribution in [1.82, 2.24) is 9.97 Å². The van der Waals surface area contributed by atoms with Crippen LogP contribution >= 0.6 is 27.5 Å². The van der Waals surface area contributed by atoms with Crippen molar-refractivity contribution in [3.8, 4) is 11.5 Å². The number of benzene rings is 2. The molecule has 0 spiro atoms. The van der Waals surface area contributed by atoms with Crippen LogP contribution in [0.2, 0.25) is 5.02 Å². The number of hydrogen-bond donors (Lipinski definition) is 0. The van der Waals surface area contributed by atoms with E-state index in [1.807, 2.05) is 0 Å². The molecule has 6 heteroatoms. The first-order chi connectivity index (χ1) is 10.1. The number of nitrogens with zero attached hydrogens (tertiary/aromatic N) is 2. The van der Waals surface area contributed by atoms with Crippen LogP contribution in [0.15, 0.2) is 50.2 Å². The monoisotopic (exact) mass is 360 g/mol. The van der Waals surface area contributed by atoms with Crippen LogP contribution in [0.4, 0.5) is 0 Å². The average Bonchev–Trinajstić information content (AvgIpc) is 2.51. The topological polar surface area (TPSA) is 56.0 Å². The van der Waals surface area contributed by atoms with Gasteiger partial charge in [-0.05, 0) is 46.3 Å². The summed E-state index contributed by atoms with van der Waals surface area (Å²) >= 11 is 9.29. The largest absolute Gasteiger partial charge is 0.451 e. The summed E-state index contributed by atoms with van der Waals surface area (Å²) in [5.74, 6) is 0.390. The van der Waals surface area contributed by atoms with Crippen LogP contribution in [0.5, 0.6) is 0 Å². The molecule has 0 fully saturated rings. The highest BCUT2D eigenvalue weighted by atomic mass is 79.9. The summed E-state index contributed by atoms with van der Waals surface area (Å²) in [5.41, 5.74) is 2.07. The van der Waals surface area contributed by atoms with Gasteiger partial charge in [0, 0.05) is 11.2 Å². The maximum absolute atomic E-state index is 12.3. The van der Waals surface area contributed by atoms with Crippen molar-refractivity contribution in [2.75, 3.05) is 0 Å². The maximum atomic E-state index is 12.3. The highest BCUT2D eigenvalue weighted by Gasteiger charge is 2.21. The molecule has 2 heterocycles. The van der Waals surface area contributed by atoms with Crippen molar-refractivity contribution >= 4 is 49.5 Å². The van der Waals surface area contributed by atoms with Gasteiger partial charge < -0.3 is 4.42 Å². The van der Waals surface area contributed by atoms with Crippen LogP contribution in [-0.2, 0) is 0 Å². The van der Waals surface area contributed by atoms with Crippen LogP contribution in [-0.4, -0.2) is 9.97 Å². The van der Waals surface area contributed by atoms with Crippen molar-refractivity contribution < 1.29 is 4.42 Å². The van der Waals surface area contributed by atoms with E-state index in [1.165, 1.54) is 0 Å². The number of halogens is 2. The Balaban J connectivity index is 2.30. The Kier molecular flexibility index (Phi) is 2.74. The van der Waals surface area contributed by atoms with E-state index in [0.29, 0.717) is 43.0 Å². The molecule has 21 heavy (non-hydrogen) atoms. The van der Waals surface area contributed by atoms with Crippen LogP contribution in [0.1, 0.15) is 0 Å². The zero-order chi connectivity index (χ0) is 14.6. The molecule has 0 unspecified atom stereocenters. The molecule has 0 bridgehead atoms. The van der Waals surface area contributed by atoms with Gasteiger partial charge in [-0.15, -0.1) is 0 Å². The summed E-state index contributed by atoms with van der Waals surface area (Å²) < 4.78 is 6.16. The highest BCUT2D eigenvalue weighted by Crippen LogP contribution is 2.34. The average molecular weight is 362 g/mol. The highest BCUT2D eigenvalue weighted by molar-refractivity contribution is 9.10. The molecule has 0 radical (unpaired) electrons. The minimum atomic E-state index is -0.163. The first kappa shape index (κ1) is 12.7. The van der Waals surface area contributed by atoms with Gasteiger partial charge in [0.2, 0.25) is 5.43 Å². The SMILES string of the molecule is O=c1c(Br)c2oc3ccc(Cl)cc3nc-2c2ncccc12. The molecule has 1 aliphatic heterocycles. The second-order valence-electron chi connectivity index (χ2n) is 4.55. The van der Waals surface area contributed by atoms with Gasteiger partial charge in [-0.25, -0.2) is 4.98 Å². The maximum Gasteiger partial charge on any atom is 0.206 e. The first-order valence-electron chi connectivity index (χ1n) is 6.11. The summed E-state index contributed by atoms with van der Waals surface area (Å²) in [7, 11) is 0. The molecule has 0 amide bonds. The molecule has 0 saturated heterocycles. The molecule has 2 aromatic rings. The van der Waals surface area contributed by atoms with E-state index >= 15 is 0 Å². The van der Waals surface area contributed by atoms with Crippen LogP contribution in [0, 0.1) is 0 Å². The first-order valence-corrected chi connectivity index (χ1v) is 7.28. The standard InChI is InChI=1S/C15H6BrClN2O2/c16-11-14(20)8-2-1-5-18-12(8)13-15(11)21-10-4-3-7(17)6-9(10)19-13/h1-6H. The lowest BCUT2D eigenvalue weighted by Gasteiger charge is -2.10. The number of aromatic nitrogens is 2. The van der Waals surface area contributed by atoms with E-state index in [0.717, 1.165) is 0 Å². The van der Waals surface area contributed by atoms with Crippen molar-refractivity contribution in [2.45, 2.75) is 0 Å². The molecule has 1 aromatic heterocycles. The molecule has 102 valence electrons. The molecule has 4 nitrogen and oxygen atoms in total. The van der Waals surface area contributed by atoms with Crippen molar-refractivity contribution in [1.29, 1.82) is 0 Å². The molecule has 1 aliphatic carbocycles. The van der Waals surface area contributed by atoms with Gasteiger partial charge in [-0.3, -0.25) is 9.78 Å². The molecule has 0 saturated carbocycles. The minimum absolute atomic E-state index is 0.163. The number of fused-ring (bicyclic) bond motifs is 4. The number of rotatable bonds is 0. The fourth-order valence-corrected chi connectivity index (χ4v) is 2.95. The van der Waals surface area contributed by atoms with Crippen molar-refractivity contribution in [3.63, 3.8) is 0 Å². The van der Waals surface area contributed by atoms with Gasteiger partial charge in [0.1, 0.15) is 21.2 Å². The molecule has 0 N–H and O–H groups in total. The van der Waals surface area contributed by atoms with Gasteiger partial charge in [-0.2, -0.15) is 0 Å². The number of hydrogen-bond acceptors (Lipinski definition) is 4. The molecule has 0 atom stereocenters. The summed E-state index contributed by atoms with van der Waals surface area (Å²) in [6.45, 7) is 0. The Hall–Kier alpha value is -1.98. The lowest BCUT2D eigenvalue weighted by molar-refractivity contribution is 0.610. The predicted molar refractivity (Wildman–Crippen MR) is 84.9 cm³/mol. The third-order valence-electron chi connectivity index (χ3n) is 3.26. The van der Waals surface area contributed by atoms with E-state index < -0.39 is 0 Å². The zero-order valence-electron chi connectivity index (χ0n) is 10.4. The van der Waals surface area contributed by atoms with Crippen LogP contribution < -0.4 is 5.43 Å². The molecular formula is C15H6BrClN2O2. The van der Waals surface area contributed by atoms with Gasteiger partial charge in [0.05, 0.1) is 5.39 Å². The molecule has 1 aromatic carbocycles. The quantitative estimate of drug-likeness (QED) is 0.347. The van der Waals surface area contributed by atoms with Crippen LogP contribution in [0.3, 0.4) is 0 Å². The van der Waals surface area contributed by atoms with E-state index in [9.17, 15) is 4.79 Å². The fraction of sp³-hybridized carbons (Fsp3) is 0. The Morgan fingerprint density at radius 2 is 2.10 bits per heavy atom. The number of pyridine rings is 1. The Labute approximate surface area is 131 Å². The van der Waals surface area contributed by atoms with Crippen LogP contribution in [0.25, 0.3) is 33.5 Å². The summed E-state index contributed by atoms with van der Waals surface area (Å²) in [6.07, 6.45) is 1.62. The van der Waals surface area contributed by atoms with Gasteiger partial charge in [-0.1, -0.05) is 11.6 Å².